The second-order valence-electron chi connectivity index (χ2n) is 5.29. The van der Waals surface area contributed by atoms with Crippen molar-refractivity contribution in [2.45, 2.75) is 51.6 Å². The molecule has 4 N–H and O–H groups in total. The van der Waals surface area contributed by atoms with Crippen LogP contribution in [0.25, 0.3) is 0 Å². The molecule has 0 aromatic heterocycles. The van der Waals surface area contributed by atoms with E-state index in [1.165, 1.54) is 0 Å². The van der Waals surface area contributed by atoms with Crippen LogP contribution in [-0.4, -0.2) is 29.1 Å². The van der Waals surface area contributed by atoms with Crippen molar-refractivity contribution in [1.29, 1.82) is 0 Å². The number of nitrogens with one attached hydrogen (secondary N) is 1. The average Bonchev–Trinajstić information content (AvgIpc) is 2.97. The Morgan fingerprint density at radius 1 is 1.41 bits per heavy atom. The Bertz CT molecular complexity index is 287. The normalized spacial score (nSPS) is 18.8. The fraction of sp³-hybridized carbons (Fsp3) is 0.833. The van der Waals surface area contributed by atoms with Crippen molar-refractivity contribution in [2.75, 3.05) is 0 Å². The minimum absolute atomic E-state index is 0.00912. The van der Waals surface area contributed by atoms with Crippen LogP contribution in [0, 0.1) is 11.8 Å². The van der Waals surface area contributed by atoms with Gasteiger partial charge in [0.2, 0.25) is 5.91 Å². The SMILES string of the molecule is CC(C)CC(N)C(=O)NC(CC(=O)O)C1CC1. The fourth-order valence-electron chi connectivity index (χ4n) is 1.93. The highest BCUT2D eigenvalue weighted by Crippen LogP contribution is 2.34. The third kappa shape index (κ3) is 5.17. The van der Waals surface area contributed by atoms with Gasteiger partial charge in [-0.05, 0) is 31.1 Å². The molecular formula is C12H22N2O3. The number of rotatable bonds is 7. The molecule has 0 bridgehead atoms. The molecule has 1 rings (SSSR count). The smallest absolute Gasteiger partial charge is 0.305 e. The van der Waals surface area contributed by atoms with E-state index in [2.05, 4.69) is 5.32 Å². The van der Waals surface area contributed by atoms with Crippen LogP contribution >= 0.6 is 0 Å². The number of carbonyl (C=O) groups excluding carboxylic acids is 1. The molecule has 0 aromatic rings. The molecule has 0 heterocycles. The molecular weight excluding hydrogens is 220 g/mol. The summed E-state index contributed by atoms with van der Waals surface area (Å²) in [6.45, 7) is 4.01. The molecule has 0 aliphatic heterocycles. The Morgan fingerprint density at radius 2 is 2.00 bits per heavy atom. The number of aliphatic carboxylic acids is 1. The first-order valence-corrected chi connectivity index (χ1v) is 6.18. The van der Waals surface area contributed by atoms with Gasteiger partial charge in [-0.3, -0.25) is 9.59 Å². The van der Waals surface area contributed by atoms with Gasteiger partial charge in [-0.15, -0.1) is 0 Å². The summed E-state index contributed by atoms with van der Waals surface area (Å²) < 4.78 is 0. The Morgan fingerprint density at radius 3 is 2.41 bits per heavy atom. The second kappa shape index (κ2) is 6.00. The number of carboxylic acid groups (broad SMARTS) is 1. The highest BCUT2D eigenvalue weighted by Gasteiger charge is 2.34. The number of amides is 1. The van der Waals surface area contributed by atoms with Crippen LogP contribution < -0.4 is 11.1 Å². The summed E-state index contributed by atoms with van der Waals surface area (Å²) in [5.41, 5.74) is 5.76. The summed E-state index contributed by atoms with van der Waals surface area (Å²) in [5, 5.41) is 11.5. The Kier molecular flexibility index (Phi) is 4.93. The van der Waals surface area contributed by atoms with E-state index in [0.717, 1.165) is 12.8 Å². The summed E-state index contributed by atoms with van der Waals surface area (Å²) in [4.78, 5) is 22.5. The summed E-state index contributed by atoms with van der Waals surface area (Å²) in [6.07, 6.45) is 2.61. The van der Waals surface area contributed by atoms with Crippen molar-refractivity contribution >= 4 is 11.9 Å². The summed E-state index contributed by atoms with van der Waals surface area (Å²) >= 11 is 0. The van der Waals surface area contributed by atoms with Crippen LogP contribution in [0.15, 0.2) is 0 Å². The second-order valence-corrected chi connectivity index (χ2v) is 5.29. The van der Waals surface area contributed by atoms with Crippen LogP contribution in [-0.2, 0) is 9.59 Å². The predicted molar refractivity (Wildman–Crippen MR) is 64.3 cm³/mol. The molecule has 5 nitrogen and oxygen atoms in total. The minimum atomic E-state index is -0.875. The molecule has 0 radical (unpaired) electrons. The fourth-order valence-corrected chi connectivity index (χ4v) is 1.93. The number of hydrogen-bond acceptors (Lipinski definition) is 3. The van der Waals surface area contributed by atoms with Gasteiger partial charge in [0.15, 0.2) is 0 Å². The first-order valence-electron chi connectivity index (χ1n) is 6.18. The lowest BCUT2D eigenvalue weighted by molar-refractivity contribution is -0.138. The van der Waals surface area contributed by atoms with E-state index in [9.17, 15) is 9.59 Å². The molecule has 5 heteroatoms. The van der Waals surface area contributed by atoms with Gasteiger partial charge in [0.25, 0.3) is 0 Å². The number of carbonyl (C=O) groups is 2. The zero-order chi connectivity index (χ0) is 13.0. The first kappa shape index (κ1) is 14.0. The van der Waals surface area contributed by atoms with Crippen molar-refractivity contribution in [2.24, 2.45) is 17.6 Å². The van der Waals surface area contributed by atoms with E-state index in [4.69, 9.17) is 10.8 Å². The highest BCUT2D eigenvalue weighted by molar-refractivity contribution is 5.82. The average molecular weight is 242 g/mol. The van der Waals surface area contributed by atoms with Gasteiger partial charge in [0.05, 0.1) is 12.5 Å². The standard InChI is InChI=1S/C12H22N2O3/c1-7(2)5-9(13)12(17)14-10(6-11(15)16)8-3-4-8/h7-10H,3-6,13H2,1-2H3,(H,14,17)(H,15,16). The monoisotopic (exact) mass is 242 g/mol. The van der Waals surface area contributed by atoms with Crippen molar-refractivity contribution < 1.29 is 14.7 Å². The molecule has 0 saturated heterocycles. The minimum Gasteiger partial charge on any atom is -0.481 e. The van der Waals surface area contributed by atoms with Gasteiger partial charge in [-0.2, -0.15) is 0 Å². The Labute approximate surface area is 102 Å². The van der Waals surface area contributed by atoms with E-state index in [0.29, 0.717) is 18.3 Å². The quantitative estimate of drug-likeness (QED) is 0.613. The molecule has 1 aliphatic rings. The molecule has 17 heavy (non-hydrogen) atoms. The zero-order valence-corrected chi connectivity index (χ0v) is 10.5. The van der Waals surface area contributed by atoms with E-state index in [1.54, 1.807) is 0 Å². The van der Waals surface area contributed by atoms with Gasteiger partial charge in [0.1, 0.15) is 0 Å². The molecule has 1 amide bonds. The lowest BCUT2D eigenvalue weighted by Gasteiger charge is -2.20. The topological polar surface area (TPSA) is 92.4 Å². The van der Waals surface area contributed by atoms with Gasteiger partial charge in [-0.25, -0.2) is 0 Å². The van der Waals surface area contributed by atoms with Crippen LogP contribution in [0.4, 0.5) is 0 Å². The molecule has 1 saturated carbocycles. The number of nitrogens with two attached hydrogens (primary N) is 1. The molecule has 0 aromatic carbocycles. The predicted octanol–water partition coefficient (Wildman–Crippen LogP) is 0.729. The van der Waals surface area contributed by atoms with Crippen molar-refractivity contribution in [3.63, 3.8) is 0 Å². The maximum atomic E-state index is 11.8. The largest absolute Gasteiger partial charge is 0.481 e. The molecule has 1 fully saturated rings. The summed E-state index contributed by atoms with van der Waals surface area (Å²) in [6, 6.07) is -0.789. The lowest BCUT2D eigenvalue weighted by Crippen LogP contribution is -2.47. The zero-order valence-electron chi connectivity index (χ0n) is 10.5. The maximum absolute atomic E-state index is 11.8. The molecule has 98 valence electrons. The summed E-state index contributed by atoms with van der Waals surface area (Å²) in [5.74, 6) is -0.424. The van der Waals surface area contributed by atoms with Gasteiger partial charge < -0.3 is 16.2 Å². The van der Waals surface area contributed by atoms with Crippen LogP contribution in [0.2, 0.25) is 0 Å². The molecule has 1 aliphatic carbocycles. The van der Waals surface area contributed by atoms with Crippen molar-refractivity contribution in [3.8, 4) is 0 Å². The van der Waals surface area contributed by atoms with E-state index in [1.807, 2.05) is 13.8 Å². The lowest BCUT2D eigenvalue weighted by atomic mass is 10.0. The first-order chi connectivity index (χ1) is 7.90. The van der Waals surface area contributed by atoms with Crippen LogP contribution in [0.5, 0.6) is 0 Å². The van der Waals surface area contributed by atoms with Gasteiger partial charge in [0, 0.05) is 6.04 Å². The third-order valence-electron chi connectivity index (χ3n) is 2.98. The molecule has 0 spiro atoms. The van der Waals surface area contributed by atoms with E-state index < -0.39 is 12.0 Å². The molecule has 2 atom stereocenters. The van der Waals surface area contributed by atoms with E-state index >= 15 is 0 Å². The van der Waals surface area contributed by atoms with E-state index in [-0.39, 0.29) is 18.4 Å². The highest BCUT2D eigenvalue weighted by atomic mass is 16.4. The maximum Gasteiger partial charge on any atom is 0.305 e. The number of carboxylic acids is 1. The van der Waals surface area contributed by atoms with Gasteiger partial charge in [-0.1, -0.05) is 13.8 Å². The Balaban J connectivity index is 2.43. The van der Waals surface area contributed by atoms with Gasteiger partial charge >= 0.3 is 5.97 Å². The number of hydrogen-bond donors (Lipinski definition) is 3. The summed E-state index contributed by atoms with van der Waals surface area (Å²) in [7, 11) is 0. The van der Waals surface area contributed by atoms with Crippen LogP contribution in [0.3, 0.4) is 0 Å². The van der Waals surface area contributed by atoms with Crippen molar-refractivity contribution in [3.05, 3.63) is 0 Å². The third-order valence-corrected chi connectivity index (χ3v) is 2.98. The Hall–Kier alpha value is -1.10. The van der Waals surface area contributed by atoms with Crippen LogP contribution in [0.1, 0.15) is 39.5 Å². The van der Waals surface area contributed by atoms with Crippen molar-refractivity contribution in [1.82, 2.24) is 5.32 Å². The molecule has 2 unspecified atom stereocenters.